The van der Waals surface area contributed by atoms with Gasteiger partial charge in [-0.2, -0.15) is 0 Å². The van der Waals surface area contributed by atoms with E-state index in [-0.39, 0.29) is 18.9 Å². The van der Waals surface area contributed by atoms with E-state index in [0.29, 0.717) is 5.56 Å². The second-order valence-electron chi connectivity index (χ2n) is 10.00. The highest BCUT2D eigenvalue weighted by Gasteiger charge is 2.44. The lowest BCUT2D eigenvalue weighted by Gasteiger charge is -2.35. The molecule has 1 saturated heterocycles. The number of likely N-dealkylation sites (tertiary alicyclic amines) is 1. The molecule has 2 aromatic rings. The third-order valence-electron chi connectivity index (χ3n) is 6.12. The Morgan fingerprint density at radius 1 is 1.23 bits per heavy atom. The molecule has 8 nitrogen and oxygen atoms in total. The summed E-state index contributed by atoms with van der Waals surface area (Å²) in [6, 6.07) is 4.50. The number of carbonyl (C=O) groups excluding carboxylic acids is 3. The summed E-state index contributed by atoms with van der Waals surface area (Å²) < 4.78 is 14.0. The summed E-state index contributed by atoms with van der Waals surface area (Å²) in [5, 5.41) is 15.6. The van der Waals surface area contributed by atoms with Gasteiger partial charge < -0.3 is 20.6 Å². The fourth-order valence-electron chi connectivity index (χ4n) is 4.25. The molecule has 1 fully saturated rings. The van der Waals surface area contributed by atoms with Gasteiger partial charge in [0.25, 0.3) is 0 Å². The summed E-state index contributed by atoms with van der Waals surface area (Å²) >= 11 is 1.52. The number of alkyl halides is 1. The maximum absolute atomic E-state index is 14.0. The van der Waals surface area contributed by atoms with Crippen molar-refractivity contribution in [2.24, 2.45) is 5.41 Å². The van der Waals surface area contributed by atoms with Gasteiger partial charge in [-0.3, -0.25) is 14.4 Å². The van der Waals surface area contributed by atoms with E-state index >= 15 is 0 Å². The van der Waals surface area contributed by atoms with Crippen LogP contribution in [-0.4, -0.2) is 64.1 Å². The summed E-state index contributed by atoms with van der Waals surface area (Å²) in [4.78, 5) is 44.8. The number of benzene rings is 1. The number of hydrogen-bond acceptors (Lipinski definition) is 6. The van der Waals surface area contributed by atoms with E-state index in [4.69, 9.17) is 0 Å². The zero-order valence-electron chi connectivity index (χ0n) is 20.7. The Morgan fingerprint density at radius 2 is 1.89 bits per heavy atom. The van der Waals surface area contributed by atoms with Crippen molar-refractivity contribution >= 4 is 29.1 Å². The Balaban J connectivity index is 1.76. The molecule has 0 aliphatic carbocycles. The minimum absolute atomic E-state index is 0.0354. The van der Waals surface area contributed by atoms with Gasteiger partial charge in [0.2, 0.25) is 17.7 Å². The molecule has 3 N–H and O–H groups in total. The molecule has 0 radical (unpaired) electrons. The van der Waals surface area contributed by atoms with E-state index in [1.54, 1.807) is 17.6 Å². The predicted octanol–water partition coefficient (Wildman–Crippen LogP) is 2.76. The lowest BCUT2D eigenvalue weighted by molar-refractivity contribution is -0.144. The second-order valence-corrected chi connectivity index (χ2v) is 10.9. The third kappa shape index (κ3) is 6.24. The first-order valence-electron chi connectivity index (χ1n) is 11.5. The van der Waals surface area contributed by atoms with Crippen LogP contribution in [0.25, 0.3) is 10.4 Å². The molecule has 0 bridgehead atoms. The summed E-state index contributed by atoms with van der Waals surface area (Å²) in [5.41, 5.74) is 3.61. The summed E-state index contributed by atoms with van der Waals surface area (Å²) in [6.07, 6.45) is -0.852. The highest BCUT2D eigenvalue weighted by atomic mass is 32.1. The van der Waals surface area contributed by atoms with Crippen molar-refractivity contribution in [1.82, 2.24) is 20.5 Å². The van der Waals surface area contributed by atoms with Crippen LogP contribution in [0.4, 0.5) is 4.39 Å². The van der Waals surface area contributed by atoms with Crippen molar-refractivity contribution in [3.8, 4) is 10.4 Å². The predicted molar refractivity (Wildman–Crippen MR) is 132 cm³/mol. The number of nitrogens with zero attached hydrogens (tertiary/aromatic N) is 2. The molecule has 4 atom stereocenters. The SMILES string of the molecule is CC(=O)NC(C(=O)N1CC(O)CC1C(=O)NC(CF)c1ccc(-c2scnc2C)cc1)C(C)(C)C. The third-order valence-corrected chi connectivity index (χ3v) is 7.09. The topological polar surface area (TPSA) is 112 Å². The summed E-state index contributed by atoms with van der Waals surface area (Å²) in [7, 11) is 0. The number of β-amino-alcohol motifs (C(OH)–C–C–N with tert-alkyl or cyclic N) is 1. The van der Waals surface area contributed by atoms with E-state index in [0.717, 1.165) is 16.1 Å². The first kappa shape index (κ1) is 26.7. The van der Waals surface area contributed by atoms with Crippen LogP contribution in [0, 0.1) is 12.3 Å². The number of aliphatic hydroxyl groups excluding tert-OH is 1. The molecule has 0 spiro atoms. The number of hydrogen-bond donors (Lipinski definition) is 3. The van der Waals surface area contributed by atoms with Crippen molar-refractivity contribution in [3.05, 3.63) is 41.0 Å². The van der Waals surface area contributed by atoms with Gasteiger partial charge in [-0.1, -0.05) is 45.0 Å². The lowest BCUT2D eigenvalue weighted by atomic mass is 9.85. The normalized spacial score (nSPS) is 19.8. The van der Waals surface area contributed by atoms with Gasteiger partial charge in [-0.15, -0.1) is 11.3 Å². The average molecular weight is 505 g/mol. The number of halogens is 1. The fraction of sp³-hybridized carbons (Fsp3) is 0.520. The molecule has 10 heteroatoms. The Labute approximate surface area is 208 Å². The zero-order chi connectivity index (χ0) is 25.9. The standard InChI is InChI=1S/C25H33FN4O4S/c1-14-21(35-13-27-14)17-8-6-16(7-9-17)19(11-26)29-23(33)20-10-18(32)12-30(20)24(34)22(25(3,4)5)28-15(2)31/h6-9,13,18-20,22,32H,10-12H2,1-5H3,(H,28,31)(H,29,33). The largest absolute Gasteiger partial charge is 0.391 e. The fourth-order valence-corrected chi connectivity index (χ4v) is 5.06. The first-order chi connectivity index (χ1) is 16.4. The van der Waals surface area contributed by atoms with E-state index in [2.05, 4.69) is 15.6 Å². The van der Waals surface area contributed by atoms with Gasteiger partial charge >= 0.3 is 0 Å². The molecule has 1 aromatic carbocycles. The second kappa shape index (κ2) is 10.8. The molecule has 1 aliphatic heterocycles. The zero-order valence-corrected chi connectivity index (χ0v) is 21.5. The Hall–Kier alpha value is -2.85. The van der Waals surface area contributed by atoms with Crippen molar-refractivity contribution < 1.29 is 23.9 Å². The van der Waals surface area contributed by atoms with Crippen molar-refractivity contribution in [2.45, 2.75) is 65.3 Å². The molecule has 4 unspecified atom stereocenters. The number of carbonyl (C=O) groups is 3. The average Bonchev–Trinajstić information content (AvgIpc) is 3.40. The summed E-state index contributed by atoms with van der Waals surface area (Å²) in [6.45, 7) is 7.81. The van der Waals surface area contributed by atoms with Gasteiger partial charge in [0.1, 0.15) is 18.8 Å². The molecule has 2 heterocycles. The van der Waals surface area contributed by atoms with Gasteiger partial charge in [-0.05, 0) is 23.5 Å². The van der Waals surface area contributed by atoms with E-state index in [1.807, 2.05) is 39.8 Å². The maximum atomic E-state index is 14.0. The van der Waals surface area contributed by atoms with Gasteiger partial charge in [0.15, 0.2) is 0 Å². The Bertz CT molecular complexity index is 1070. The van der Waals surface area contributed by atoms with Crippen LogP contribution in [0.15, 0.2) is 29.8 Å². The minimum atomic E-state index is -0.968. The molecular weight excluding hydrogens is 471 g/mol. The number of rotatable bonds is 7. The quantitative estimate of drug-likeness (QED) is 0.537. The molecule has 3 amide bonds. The van der Waals surface area contributed by atoms with Crippen LogP contribution in [0.2, 0.25) is 0 Å². The number of aromatic nitrogens is 1. The van der Waals surface area contributed by atoms with Crippen LogP contribution in [0.1, 0.15) is 51.4 Å². The van der Waals surface area contributed by atoms with Crippen LogP contribution >= 0.6 is 11.3 Å². The Kier molecular flexibility index (Phi) is 8.27. The van der Waals surface area contributed by atoms with Crippen LogP contribution < -0.4 is 10.6 Å². The van der Waals surface area contributed by atoms with Crippen LogP contribution in [-0.2, 0) is 14.4 Å². The highest BCUT2D eigenvalue weighted by molar-refractivity contribution is 7.13. The molecule has 3 rings (SSSR count). The van der Waals surface area contributed by atoms with Crippen molar-refractivity contribution in [3.63, 3.8) is 0 Å². The van der Waals surface area contributed by atoms with Crippen LogP contribution in [0.5, 0.6) is 0 Å². The van der Waals surface area contributed by atoms with E-state index in [1.165, 1.54) is 23.2 Å². The van der Waals surface area contributed by atoms with E-state index < -0.39 is 48.1 Å². The number of aryl methyl sites for hydroxylation is 1. The molecule has 190 valence electrons. The van der Waals surface area contributed by atoms with Gasteiger partial charge in [0, 0.05) is 19.9 Å². The molecule has 35 heavy (non-hydrogen) atoms. The van der Waals surface area contributed by atoms with Gasteiger partial charge in [-0.25, -0.2) is 9.37 Å². The smallest absolute Gasteiger partial charge is 0.246 e. The monoisotopic (exact) mass is 504 g/mol. The van der Waals surface area contributed by atoms with Crippen molar-refractivity contribution in [1.29, 1.82) is 0 Å². The lowest BCUT2D eigenvalue weighted by Crippen LogP contribution is -2.57. The first-order valence-corrected chi connectivity index (χ1v) is 12.4. The molecule has 1 aromatic heterocycles. The molecule has 1 aliphatic rings. The van der Waals surface area contributed by atoms with Crippen molar-refractivity contribution in [2.75, 3.05) is 13.2 Å². The number of nitrogens with one attached hydrogen (secondary N) is 2. The molecular formula is C25H33FN4O4S. The van der Waals surface area contributed by atoms with Gasteiger partial charge in [0.05, 0.1) is 28.2 Å². The minimum Gasteiger partial charge on any atom is -0.391 e. The Morgan fingerprint density at radius 3 is 2.40 bits per heavy atom. The maximum Gasteiger partial charge on any atom is 0.246 e. The van der Waals surface area contributed by atoms with E-state index in [9.17, 15) is 23.9 Å². The highest BCUT2D eigenvalue weighted by Crippen LogP contribution is 2.29. The number of amides is 3. The number of thiazole rings is 1. The molecule has 0 saturated carbocycles. The summed E-state index contributed by atoms with van der Waals surface area (Å²) in [5.74, 6) is -1.37. The van der Waals surface area contributed by atoms with Crippen LogP contribution in [0.3, 0.4) is 0 Å². The number of aliphatic hydroxyl groups is 1.